The molecule has 32 heavy (non-hydrogen) atoms. The number of hydrogen-bond acceptors (Lipinski definition) is 5. The van der Waals surface area contributed by atoms with E-state index in [1.54, 1.807) is 55.7 Å². The third-order valence-electron chi connectivity index (χ3n) is 4.72. The molecule has 3 aromatic rings. The molecule has 1 heterocycles. The minimum absolute atomic E-state index is 0.0616. The smallest absolute Gasteiger partial charge is 0.255 e. The summed E-state index contributed by atoms with van der Waals surface area (Å²) in [5.74, 6) is 0.551. The van der Waals surface area contributed by atoms with Gasteiger partial charge in [0.2, 0.25) is 10.0 Å². The van der Waals surface area contributed by atoms with Crippen LogP contribution in [0.25, 0.3) is 0 Å². The maximum Gasteiger partial charge on any atom is 0.255 e. The van der Waals surface area contributed by atoms with Gasteiger partial charge in [0.05, 0.1) is 5.75 Å². The first kappa shape index (κ1) is 23.3. The number of sulfonamides is 1. The predicted octanol–water partition coefficient (Wildman–Crippen LogP) is 4.68. The van der Waals surface area contributed by atoms with E-state index < -0.39 is 10.0 Å². The zero-order chi connectivity index (χ0) is 23.1. The molecule has 8 heteroatoms. The van der Waals surface area contributed by atoms with Crippen molar-refractivity contribution >= 4 is 27.3 Å². The van der Waals surface area contributed by atoms with Crippen LogP contribution < -0.4 is 14.8 Å². The fourth-order valence-electron chi connectivity index (χ4n) is 3.27. The Morgan fingerprint density at radius 1 is 1.03 bits per heavy atom. The van der Waals surface area contributed by atoms with E-state index in [0.717, 1.165) is 22.4 Å². The van der Waals surface area contributed by atoms with Gasteiger partial charge in [-0.25, -0.2) is 8.42 Å². The number of hydrogen-bond donors (Lipinski definition) is 2. The van der Waals surface area contributed by atoms with Crippen molar-refractivity contribution in [1.82, 2.24) is 4.98 Å². The molecule has 0 atom stereocenters. The quantitative estimate of drug-likeness (QED) is 0.490. The van der Waals surface area contributed by atoms with E-state index in [4.69, 9.17) is 4.74 Å². The summed E-state index contributed by atoms with van der Waals surface area (Å²) in [5.41, 5.74) is 4.23. The van der Waals surface area contributed by atoms with Crippen LogP contribution >= 0.6 is 0 Å². The number of rotatable bonds is 9. The van der Waals surface area contributed by atoms with E-state index in [1.807, 2.05) is 26.0 Å². The van der Waals surface area contributed by atoms with Gasteiger partial charge in [-0.05, 0) is 73.9 Å². The lowest BCUT2D eigenvalue weighted by atomic mass is 10.0. The second-order valence-electron chi connectivity index (χ2n) is 7.54. The molecule has 0 saturated carbocycles. The number of aryl methyl sites for hydroxylation is 2. The topological polar surface area (TPSA) is 97.4 Å². The molecular weight excluding hydrogens is 426 g/mol. The molecule has 0 radical (unpaired) electrons. The van der Waals surface area contributed by atoms with Crippen molar-refractivity contribution in [2.75, 3.05) is 15.8 Å². The monoisotopic (exact) mass is 453 g/mol. The Morgan fingerprint density at radius 2 is 1.69 bits per heavy atom. The Balaban J connectivity index is 1.66. The van der Waals surface area contributed by atoms with E-state index in [0.29, 0.717) is 30.0 Å². The largest absolute Gasteiger partial charge is 0.488 e. The summed E-state index contributed by atoms with van der Waals surface area (Å²) in [4.78, 5) is 16.8. The zero-order valence-electron chi connectivity index (χ0n) is 18.4. The summed E-state index contributed by atoms with van der Waals surface area (Å²) in [6.07, 6.45) is 4.01. The standard InChI is InChI=1S/C24H27N3O4S/c1-4-12-32(29,30)27-22-9-7-21(8-10-22)26-24(28)20-13-17(2)23(18(3)14-20)31-16-19-6-5-11-25-15-19/h5-11,13-15,27H,4,12,16H2,1-3H3,(H,26,28). The fourth-order valence-corrected chi connectivity index (χ4v) is 4.41. The van der Waals surface area contributed by atoms with Crippen LogP contribution in [0.4, 0.5) is 11.4 Å². The first-order valence-corrected chi connectivity index (χ1v) is 12.0. The molecular formula is C24H27N3O4S. The normalized spacial score (nSPS) is 11.1. The molecule has 0 spiro atoms. The number of carbonyl (C=O) groups excluding carboxylic acids is 1. The van der Waals surface area contributed by atoms with Crippen molar-refractivity contribution in [3.8, 4) is 5.75 Å². The van der Waals surface area contributed by atoms with Crippen molar-refractivity contribution in [2.24, 2.45) is 0 Å². The number of pyridine rings is 1. The molecule has 1 amide bonds. The number of carbonyl (C=O) groups is 1. The van der Waals surface area contributed by atoms with Crippen molar-refractivity contribution < 1.29 is 17.9 Å². The lowest BCUT2D eigenvalue weighted by Crippen LogP contribution is -2.16. The van der Waals surface area contributed by atoms with Crippen LogP contribution in [0.1, 0.15) is 40.4 Å². The van der Waals surface area contributed by atoms with E-state index >= 15 is 0 Å². The molecule has 0 bridgehead atoms. The highest BCUT2D eigenvalue weighted by Gasteiger charge is 2.13. The molecule has 0 aliphatic rings. The number of anilines is 2. The summed E-state index contributed by atoms with van der Waals surface area (Å²) in [7, 11) is -3.35. The minimum Gasteiger partial charge on any atom is -0.488 e. The van der Waals surface area contributed by atoms with Gasteiger partial charge in [-0.15, -0.1) is 0 Å². The van der Waals surface area contributed by atoms with Crippen LogP contribution in [-0.2, 0) is 16.6 Å². The Kier molecular flexibility index (Phi) is 7.48. The van der Waals surface area contributed by atoms with E-state index in [-0.39, 0.29) is 11.7 Å². The second kappa shape index (κ2) is 10.3. The maximum atomic E-state index is 12.7. The SMILES string of the molecule is CCCS(=O)(=O)Nc1ccc(NC(=O)c2cc(C)c(OCc3cccnc3)c(C)c2)cc1. The molecule has 1 aromatic heterocycles. The van der Waals surface area contributed by atoms with E-state index in [9.17, 15) is 13.2 Å². The molecule has 7 nitrogen and oxygen atoms in total. The van der Waals surface area contributed by atoms with Crippen LogP contribution in [0.2, 0.25) is 0 Å². The van der Waals surface area contributed by atoms with Gasteiger partial charge in [-0.3, -0.25) is 14.5 Å². The molecule has 168 valence electrons. The molecule has 2 aromatic carbocycles. The van der Waals surface area contributed by atoms with Gasteiger partial charge in [0.1, 0.15) is 12.4 Å². The van der Waals surface area contributed by atoms with Crippen LogP contribution in [0.3, 0.4) is 0 Å². The third kappa shape index (κ3) is 6.31. The van der Waals surface area contributed by atoms with Gasteiger partial charge >= 0.3 is 0 Å². The number of nitrogens with one attached hydrogen (secondary N) is 2. The van der Waals surface area contributed by atoms with Crippen molar-refractivity contribution in [3.05, 3.63) is 83.2 Å². The Hall–Kier alpha value is -3.39. The molecule has 2 N–H and O–H groups in total. The first-order valence-electron chi connectivity index (χ1n) is 10.3. The highest BCUT2D eigenvalue weighted by Crippen LogP contribution is 2.26. The Morgan fingerprint density at radius 3 is 2.28 bits per heavy atom. The molecule has 0 saturated heterocycles. The Bertz CT molecular complexity index is 1150. The van der Waals surface area contributed by atoms with Crippen LogP contribution in [0.5, 0.6) is 5.75 Å². The van der Waals surface area contributed by atoms with Crippen molar-refractivity contribution in [3.63, 3.8) is 0 Å². The molecule has 0 aliphatic carbocycles. The third-order valence-corrected chi connectivity index (χ3v) is 6.21. The number of aromatic nitrogens is 1. The first-order chi connectivity index (χ1) is 15.3. The van der Waals surface area contributed by atoms with Gasteiger partial charge in [-0.1, -0.05) is 13.0 Å². The Labute approximate surface area is 188 Å². The van der Waals surface area contributed by atoms with Gasteiger partial charge < -0.3 is 10.1 Å². The average Bonchev–Trinajstić information content (AvgIpc) is 2.75. The van der Waals surface area contributed by atoms with Gasteiger partial charge in [0.25, 0.3) is 5.91 Å². The summed E-state index contributed by atoms with van der Waals surface area (Å²) in [5, 5.41) is 2.84. The summed E-state index contributed by atoms with van der Waals surface area (Å²) >= 11 is 0. The van der Waals surface area contributed by atoms with Crippen LogP contribution in [-0.4, -0.2) is 25.1 Å². The number of nitrogens with zero attached hydrogens (tertiary/aromatic N) is 1. The highest BCUT2D eigenvalue weighted by atomic mass is 32.2. The van der Waals surface area contributed by atoms with E-state index in [1.165, 1.54) is 0 Å². The van der Waals surface area contributed by atoms with Crippen LogP contribution in [0, 0.1) is 13.8 Å². The minimum atomic E-state index is -3.35. The maximum absolute atomic E-state index is 12.7. The fraction of sp³-hybridized carbons (Fsp3) is 0.250. The average molecular weight is 454 g/mol. The van der Waals surface area contributed by atoms with Gasteiger partial charge in [-0.2, -0.15) is 0 Å². The van der Waals surface area contributed by atoms with E-state index in [2.05, 4.69) is 15.0 Å². The lowest BCUT2D eigenvalue weighted by Gasteiger charge is -2.14. The number of benzene rings is 2. The number of amides is 1. The predicted molar refractivity (Wildman–Crippen MR) is 127 cm³/mol. The van der Waals surface area contributed by atoms with Gasteiger partial charge in [0.15, 0.2) is 0 Å². The van der Waals surface area contributed by atoms with Crippen LogP contribution in [0.15, 0.2) is 60.9 Å². The van der Waals surface area contributed by atoms with Gasteiger partial charge in [0, 0.05) is 34.9 Å². The lowest BCUT2D eigenvalue weighted by molar-refractivity contribution is 0.102. The molecule has 0 aliphatic heterocycles. The highest BCUT2D eigenvalue weighted by molar-refractivity contribution is 7.92. The summed E-state index contributed by atoms with van der Waals surface area (Å²) < 4.78 is 32.2. The molecule has 0 unspecified atom stereocenters. The summed E-state index contributed by atoms with van der Waals surface area (Å²) in [6.45, 7) is 6.01. The second-order valence-corrected chi connectivity index (χ2v) is 9.38. The van der Waals surface area contributed by atoms with Crippen molar-refractivity contribution in [2.45, 2.75) is 33.8 Å². The summed E-state index contributed by atoms with van der Waals surface area (Å²) in [6, 6.07) is 13.9. The molecule has 0 fully saturated rings. The zero-order valence-corrected chi connectivity index (χ0v) is 19.2. The molecule has 3 rings (SSSR count). The number of ether oxygens (including phenoxy) is 1. The van der Waals surface area contributed by atoms with Crippen molar-refractivity contribution in [1.29, 1.82) is 0 Å².